The molecular formula is C23H21F3N4O3. The number of esters is 2. The number of aryl methyl sites for hydroxylation is 2. The summed E-state index contributed by atoms with van der Waals surface area (Å²) >= 11 is 0. The lowest BCUT2D eigenvalue weighted by atomic mass is 9.90. The molecule has 33 heavy (non-hydrogen) atoms. The molecule has 0 aliphatic heterocycles. The van der Waals surface area contributed by atoms with Crippen LogP contribution in [0.2, 0.25) is 0 Å². The van der Waals surface area contributed by atoms with Crippen LogP contribution in [-0.4, -0.2) is 39.4 Å². The zero-order valence-electron chi connectivity index (χ0n) is 17.6. The van der Waals surface area contributed by atoms with E-state index in [1.54, 1.807) is 18.5 Å². The van der Waals surface area contributed by atoms with Gasteiger partial charge in [0.05, 0.1) is 5.69 Å². The number of carbonyl (C=O) groups excluding carboxylic acids is 2. The van der Waals surface area contributed by atoms with Gasteiger partial charge >= 0.3 is 18.1 Å². The zero-order chi connectivity index (χ0) is 23.4. The molecule has 2 aromatic heterocycles. The summed E-state index contributed by atoms with van der Waals surface area (Å²) in [6.07, 6.45) is -0.481. The van der Waals surface area contributed by atoms with Crippen molar-refractivity contribution in [3.63, 3.8) is 0 Å². The van der Waals surface area contributed by atoms with Gasteiger partial charge in [-0.05, 0) is 43.0 Å². The number of nitrogens with one attached hydrogen (secondary N) is 1. The third kappa shape index (κ3) is 5.11. The Hall–Kier alpha value is -3.53. The molecule has 0 saturated heterocycles. The molecule has 1 aliphatic rings. The lowest BCUT2D eigenvalue weighted by molar-refractivity contribution is -0.193. The molecule has 2 heterocycles. The van der Waals surface area contributed by atoms with Gasteiger partial charge in [0, 0.05) is 36.6 Å². The summed E-state index contributed by atoms with van der Waals surface area (Å²) in [6.45, 7) is 1.52. The van der Waals surface area contributed by atoms with Gasteiger partial charge in [-0.3, -0.25) is 9.67 Å². The molecular weight excluding hydrogens is 437 g/mol. The van der Waals surface area contributed by atoms with Crippen molar-refractivity contribution in [2.75, 3.05) is 6.54 Å². The number of halogens is 3. The molecule has 0 atom stereocenters. The summed E-state index contributed by atoms with van der Waals surface area (Å²) < 4.78 is 43.4. The number of ether oxygens (including phenoxy) is 1. The first-order chi connectivity index (χ1) is 15.8. The normalized spacial score (nSPS) is 12.7. The Balaban J connectivity index is 1.53. The van der Waals surface area contributed by atoms with Gasteiger partial charge in [-0.15, -0.1) is 0 Å². The SMILES string of the molecule is O=C(OC(=O)C(F)(F)F)c1c2c(nn1CCCNCc1ccccc1)-c1ccncc1CC2. The van der Waals surface area contributed by atoms with E-state index in [9.17, 15) is 22.8 Å². The van der Waals surface area contributed by atoms with Crippen LogP contribution >= 0.6 is 0 Å². The van der Waals surface area contributed by atoms with Crippen molar-refractivity contribution in [3.8, 4) is 11.3 Å². The molecule has 0 spiro atoms. The Morgan fingerprint density at radius 1 is 1.12 bits per heavy atom. The van der Waals surface area contributed by atoms with Crippen LogP contribution in [0.15, 0.2) is 48.8 Å². The molecule has 1 N–H and O–H groups in total. The predicted octanol–water partition coefficient (Wildman–Crippen LogP) is 3.47. The Morgan fingerprint density at radius 3 is 2.67 bits per heavy atom. The Kier molecular flexibility index (Phi) is 6.55. The molecule has 1 aromatic carbocycles. The summed E-state index contributed by atoms with van der Waals surface area (Å²) in [7, 11) is 0. The van der Waals surface area contributed by atoms with E-state index < -0.39 is 18.1 Å². The fourth-order valence-corrected chi connectivity index (χ4v) is 3.83. The lowest BCUT2D eigenvalue weighted by Crippen LogP contribution is -2.29. The van der Waals surface area contributed by atoms with Crippen molar-refractivity contribution in [1.82, 2.24) is 20.1 Å². The Labute approximate surface area is 187 Å². The van der Waals surface area contributed by atoms with Gasteiger partial charge in [0.1, 0.15) is 0 Å². The fraction of sp³-hybridized carbons (Fsp3) is 0.304. The number of pyridine rings is 1. The topological polar surface area (TPSA) is 86.1 Å². The quantitative estimate of drug-likeness (QED) is 0.332. The summed E-state index contributed by atoms with van der Waals surface area (Å²) in [6, 6.07) is 11.6. The minimum atomic E-state index is -5.26. The average molecular weight is 458 g/mol. The van der Waals surface area contributed by atoms with Gasteiger partial charge in [-0.2, -0.15) is 18.3 Å². The minimum Gasteiger partial charge on any atom is -0.381 e. The third-order valence-corrected chi connectivity index (χ3v) is 5.36. The number of fused-ring (bicyclic) bond motifs is 3. The Morgan fingerprint density at radius 2 is 1.91 bits per heavy atom. The highest BCUT2D eigenvalue weighted by Crippen LogP contribution is 2.34. The average Bonchev–Trinajstić information content (AvgIpc) is 3.18. The summed E-state index contributed by atoms with van der Waals surface area (Å²) in [5.74, 6) is -3.89. The van der Waals surface area contributed by atoms with Crippen molar-refractivity contribution < 1.29 is 27.5 Å². The van der Waals surface area contributed by atoms with E-state index in [4.69, 9.17) is 0 Å². The van der Waals surface area contributed by atoms with E-state index >= 15 is 0 Å². The van der Waals surface area contributed by atoms with Crippen LogP contribution in [0.4, 0.5) is 13.2 Å². The number of hydrogen-bond donors (Lipinski definition) is 1. The van der Waals surface area contributed by atoms with Crippen LogP contribution in [0.1, 0.15) is 33.6 Å². The number of hydrogen-bond acceptors (Lipinski definition) is 6. The maximum absolute atomic E-state index is 12.7. The van der Waals surface area contributed by atoms with Crippen LogP contribution in [-0.2, 0) is 35.5 Å². The maximum Gasteiger partial charge on any atom is 0.491 e. The standard InChI is InChI=1S/C23H21F3N4O3/c24-23(25,26)22(32)33-21(31)20-18-8-7-16-14-28-11-9-17(16)19(18)29-30(20)12-4-10-27-13-15-5-2-1-3-6-15/h1-3,5-6,9,11,14,27H,4,7-8,10,12-13H2. The van der Waals surface area contributed by atoms with Crippen LogP contribution in [0.5, 0.6) is 0 Å². The number of nitrogens with zero attached hydrogens (tertiary/aromatic N) is 3. The summed E-state index contributed by atoms with van der Waals surface area (Å²) in [5, 5.41) is 7.79. The van der Waals surface area contributed by atoms with Crippen molar-refractivity contribution in [2.45, 2.75) is 38.5 Å². The molecule has 3 aromatic rings. The molecule has 172 valence electrons. The van der Waals surface area contributed by atoms with Crippen molar-refractivity contribution >= 4 is 11.9 Å². The number of aromatic nitrogens is 3. The van der Waals surface area contributed by atoms with Gasteiger partial charge in [0.2, 0.25) is 0 Å². The Bertz CT molecular complexity index is 1160. The second-order valence-electron chi connectivity index (χ2n) is 7.62. The van der Waals surface area contributed by atoms with E-state index in [0.717, 1.165) is 16.7 Å². The van der Waals surface area contributed by atoms with Gasteiger partial charge in [-0.25, -0.2) is 9.59 Å². The van der Waals surface area contributed by atoms with Crippen molar-refractivity contribution in [2.24, 2.45) is 0 Å². The number of rotatable bonds is 7. The third-order valence-electron chi connectivity index (χ3n) is 5.36. The first-order valence-corrected chi connectivity index (χ1v) is 10.5. The minimum absolute atomic E-state index is 0.117. The van der Waals surface area contributed by atoms with Crippen LogP contribution in [0.25, 0.3) is 11.3 Å². The highest BCUT2D eigenvalue weighted by molar-refractivity contribution is 5.99. The molecule has 0 bridgehead atoms. The maximum atomic E-state index is 12.7. The summed E-state index contributed by atoms with van der Waals surface area (Å²) in [5.41, 5.74) is 3.68. The number of benzene rings is 1. The van der Waals surface area contributed by atoms with Gasteiger partial charge < -0.3 is 10.1 Å². The van der Waals surface area contributed by atoms with Crippen LogP contribution < -0.4 is 5.32 Å². The van der Waals surface area contributed by atoms with Gasteiger partial charge in [0.25, 0.3) is 0 Å². The summed E-state index contributed by atoms with van der Waals surface area (Å²) in [4.78, 5) is 28.0. The van der Waals surface area contributed by atoms with E-state index in [1.165, 1.54) is 4.68 Å². The molecule has 7 nitrogen and oxygen atoms in total. The molecule has 4 rings (SSSR count). The monoisotopic (exact) mass is 458 g/mol. The second-order valence-corrected chi connectivity index (χ2v) is 7.62. The van der Waals surface area contributed by atoms with E-state index in [2.05, 4.69) is 20.1 Å². The molecule has 1 aliphatic carbocycles. The van der Waals surface area contributed by atoms with Gasteiger partial charge in [0.15, 0.2) is 5.69 Å². The zero-order valence-corrected chi connectivity index (χ0v) is 17.6. The predicted molar refractivity (Wildman–Crippen MR) is 112 cm³/mol. The first kappa shape index (κ1) is 22.7. The second kappa shape index (κ2) is 9.53. The largest absolute Gasteiger partial charge is 0.491 e. The first-order valence-electron chi connectivity index (χ1n) is 10.5. The van der Waals surface area contributed by atoms with E-state index in [0.29, 0.717) is 43.6 Å². The molecule has 10 heteroatoms. The van der Waals surface area contributed by atoms with E-state index in [1.807, 2.05) is 30.3 Å². The molecule has 0 saturated carbocycles. The van der Waals surface area contributed by atoms with Crippen molar-refractivity contribution in [3.05, 3.63) is 71.2 Å². The fourth-order valence-electron chi connectivity index (χ4n) is 3.83. The van der Waals surface area contributed by atoms with Crippen LogP contribution in [0.3, 0.4) is 0 Å². The van der Waals surface area contributed by atoms with E-state index in [-0.39, 0.29) is 12.2 Å². The van der Waals surface area contributed by atoms with Crippen molar-refractivity contribution in [1.29, 1.82) is 0 Å². The smallest absolute Gasteiger partial charge is 0.381 e. The molecule has 0 fully saturated rings. The highest BCUT2D eigenvalue weighted by Gasteiger charge is 2.43. The molecule has 0 amide bonds. The van der Waals surface area contributed by atoms with Crippen LogP contribution in [0, 0.1) is 0 Å². The van der Waals surface area contributed by atoms with Gasteiger partial charge in [-0.1, -0.05) is 30.3 Å². The highest BCUT2D eigenvalue weighted by atomic mass is 19.4. The number of alkyl halides is 3. The molecule has 0 radical (unpaired) electrons. The number of carbonyl (C=O) groups is 2. The molecule has 0 unspecified atom stereocenters. The lowest BCUT2D eigenvalue weighted by Gasteiger charge is -2.15.